The Kier molecular flexibility index (Phi) is 8.26. The van der Waals surface area contributed by atoms with Crippen LogP contribution in [0.1, 0.15) is 44.9 Å². The number of phenols is 1. The zero-order valence-corrected chi connectivity index (χ0v) is 20.1. The number of rotatable bonds is 12. The van der Waals surface area contributed by atoms with Crippen LogP contribution in [-0.2, 0) is 11.3 Å². The fourth-order valence-electron chi connectivity index (χ4n) is 4.45. The molecule has 3 N–H and O–H groups in total. The summed E-state index contributed by atoms with van der Waals surface area (Å²) in [7, 11) is 0. The van der Waals surface area contributed by atoms with Gasteiger partial charge in [0.2, 0.25) is 5.95 Å². The highest BCUT2D eigenvalue weighted by Gasteiger charge is 2.29. The molecule has 1 fully saturated rings. The lowest BCUT2D eigenvalue weighted by molar-refractivity contribution is -0.0195. The second-order valence-electron chi connectivity index (χ2n) is 8.65. The molecule has 0 radical (unpaired) electrons. The topological polar surface area (TPSA) is 92.0 Å². The van der Waals surface area contributed by atoms with Gasteiger partial charge in [0.05, 0.1) is 30.4 Å². The largest absolute Gasteiger partial charge is 0.504 e. The molecule has 8 nitrogen and oxygen atoms in total. The first kappa shape index (κ1) is 24.3. The summed E-state index contributed by atoms with van der Waals surface area (Å²) in [4.78, 5) is 7.13. The highest BCUT2D eigenvalue weighted by molar-refractivity contribution is 5.78. The molecule has 8 heteroatoms. The van der Waals surface area contributed by atoms with Crippen molar-refractivity contribution < 1.29 is 19.7 Å². The van der Waals surface area contributed by atoms with Crippen molar-refractivity contribution in [2.75, 3.05) is 38.2 Å². The van der Waals surface area contributed by atoms with Crippen LogP contribution in [0.2, 0.25) is 0 Å². The second-order valence-corrected chi connectivity index (χ2v) is 8.65. The molecule has 2 heterocycles. The molecule has 0 saturated carbocycles. The second kappa shape index (κ2) is 11.6. The van der Waals surface area contributed by atoms with Gasteiger partial charge in [0, 0.05) is 13.1 Å². The molecule has 184 valence electrons. The molecule has 4 rings (SSSR count). The molecule has 3 aromatic rings. The van der Waals surface area contributed by atoms with Crippen molar-refractivity contribution in [2.24, 2.45) is 0 Å². The number of aromatic nitrogens is 2. The lowest BCUT2D eigenvalue weighted by atomic mass is 10.2. The molecule has 0 aliphatic carbocycles. The molecule has 34 heavy (non-hydrogen) atoms. The van der Waals surface area contributed by atoms with Crippen molar-refractivity contribution in [3.05, 3.63) is 48.0 Å². The van der Waals surface area contributed by atoms with E-state index in [-0.39, 0.29) is 24.7 Å². The third-order valence-electron chi connectivity index (χ3n) is 6.42. The van der Waals surface area contributed by atoms with Gasteiger partial charge < -0.3 is 29.9 Å². The van der Waals surface area contributed by atoms with Crippen molar-refractivity contribution in [2.45, 2.75) is 52.0 Å². The van der Waals surface area contributed by atoms with Crippen LogP contribution >= 0.6 is 0 Å². The normalized spacial score (nSPS) is 18.1. The number of nitrogens with zero attached hydrogens (tertiary/aromatic N) is 3. The highest BCUT2D eigenvalue weighted by atomic mass is 16.5. The Morgan fingerprint density at radius 3 is 2.76 bits per heavy atom. The maximum absolute atomic E-state index is 10.2. The summed E-state index contributed by atoms with van der Waals surface area (Å²) in [5.41, 5.74) is 2.87. The van der Waals surface area contributed by atoms with E-state index in [9.17, 15) is 10.2 Å². The first-order chi connectivity index (χ1) is 16.6. The number of aromatic hydroxyl groups is 1. The monoisotopic (exact) mass is 468 g/mol. The fraction of sp³-hybridized carbons (Fsp3) is 0.500. The van der Waals surface area contributed by atoms with Crippen LogP contribution in [0.3, 0.4) is 0 Å². The Morgan fingerprint density at radius 1 is 1.18 bits per heavy atom. The molecule has 2 aromatic carbocycles. The first-order valence-corrected chi connectivity index (χ1v) is 12.3. The summed E-state index contributed by atoms with van der Waals surface area (Å²) in [5.74, 6) is 1.37. The van der Waals surface area contributed by atoms with Gasteiger partial charge in [0.15, 0.2) is 11.5 Å². The molecule has 0 amide bonds. The Morgan fingerprint density at radius 2 is 2.00 bits per heavy atom. The van der Waals surface area contributed by atoms with E-state index in [2.05, 4.69) is 28.6 Å². The zero-order chi connectivity index (χ0) is 23.9. The summed E-state index contributed by atoms with van der Waals surface area (Å²) in [6, 6.07) is 13.4. The van der Waals surface area contributed by atoms with Crippen LogP contribution in [0.5, 0.6) is 11.5 Å². The number of anilines is 1. The smallest absolute Gasteiger partial charge is 0.206 e. The number of hydrogen-bond acceptors (Lipinski definition) is 7. The summed E-state index contributed by atoms with van der Waals surface area (Å²) < 4.78 is 14.0. The average Bonchev–Trinajstić information content (AvgIpc) is 3.48. The standard InChI is InChI=1S/C26H36N4O4/c1-3-29(4-2)14-7-15-33-24-16-19(10-12-23(24)32)17-27-26-28-21-8-5-6-9-22(21)30(26)25-13-11-20(18-31)34-25/h5-6,8-10,12,16,20,25,31-32H,3-4,7,11,13-15,17-18H2,1-2H3,(H,27,28)/t20-,25+/m0/s1. The summed E-state index contributed by atoms with van der Waals surface area (Å²) in [6.45, 7) is 8.45. The molecule has 0 unspecified atom stereocenters. The number of hydrogen-bond donors (Lipinski definition) is 3. The number of aliphatic hydroxyl groups is 1. The van der Waals surface area contributed by atoms with Crippen LogP contribution in [0.25, 0.3) is 11.0 Å². The van der Waals surface area contributed by atoms with E-state index in [1.807, 2.05) is 36.4 Å². The number of phenolic OH excluding ortho intramolecular Hbond substituents is 1. The quantitative estimate of drug-likeness (QED) is 0.344. The predicted octanol–water partition coefficient (Wildman–Crippen LogP) is 4.13. The van der Waals surface area contributed by atoms with Crippen molar-refractivity contribution in [3.63, 3.8) is 0 Å². The van der Waals surface area contributed by atoms with E-state index in [1.165, 1.54) is 0 Å². The molecular weight excluding hydrogens is 432 g/mol. The number of para-hydroxylation sites is 2. The summed E-state index contributed by atoms with van der Waals surface area (Å²) in [5, 5.41) is 23.2. The minimum Gasteiger partial charge on any atom is -0.504 e. The fourth-order valence-corrected chi connectivity index (χ4v) is 4.45. The first-order valence-electron chi connectivity index (χ1n) is 12.3. The molecule has 1 saturated heterocycles. The van der Waals surface area contributed by atoms with E-state index in [4.69, 9.17) is 14.5 Å². The van der Waals surface area contributed by atoms with Gasteiger partial charge in [-0.25, -0.2) is 4.98 Å². The number of nitrogens with one attached hydrogen (secondary N) is 1. The number of imidazole rings is 1. The van der Waals surface area contributed by atoms with E-state index < -0.39 is 0 Å². The van der Waals surface area contributed by atoms with Gasteiger partial charge in [-0.2, -0.15) is 0 Å². The van der Waals surface area contributed by atoms with E-state index in [1.54, 1.807) is 6.07 Å². The summed E-state index contributed by atoms with van der Waals surface area (Å²) in [6.07, 6.45) is 2.24. The van der Waals surface area contributed by atoms with Crippen LogP contribution < -0.4 is 10.1 Å². The van der Waals surface area contributed by atoms with E-state index in [0.717, 1.165) is 61.4 Å². The molecule has 0 bridgehead atoms. The van der Waals surface area contributed by atoms with Gasteiger partial charge in [-0.15, -0.1) is 0 Å². The zero-order valence-electron chi connectivity index (χ0n) is 20.1. The number of benzene rings is 2. The Balaban J connectivity index is 1.44. The third kappa shape index (κ3) is 5.63. The van der Waals surface area contributed by atoms with Crippen molar-refractivity contribution >= 4 is 17.0 Å². The van der Waals surface area contributed by atoms with Crippen LogP contribution in [0, 0.1) is 0 Å². The van der Waals surface area contributed by atoms with Gasteiger partial charge in [0.25, 0.3) is 0 Å². The van der Waals surface area contributed by atoms with Gasteiger partial charge in [-0.3, -0.25) is 4.57 Å². The van der Waals surface area contributed by atoms with E-state index >= 15 is 0 Å². The maximum atomic E-state index is 10.2. The van der Waals surface area contributed by atoms with Gasteiger partial charge in [-0.1, -0.05) is 32.0 Å². The Bertz CT molecular complexity index is 1070. The molecular formula is C26H36N4O4. The lowest BCUT2D eigenvalue weighted by Gasteiger charge is -2.19. The molecule has 2 atom stereocenters. The SMILES string of the molecule is CCN(CC)CCCOc1cc(CNc2nc3ccccc3n2[C@H]2CC[C@@H](CO)O2)ccc1O. The van der Waals surface area contributed by atoms with Gasteiger partial charge in [0.1, 0.15) is 6.23 Å². The Hall–Kier alpha value is -2.81. The minimum absolute atomic E-state index is 0.0249. The minimum atomic E-state index is -0.170. The third-order valence-corrected chi connectivity index (χ3v) is 6.42. The van der Waals surface area contributed by atoms with E-state index in [0.29, 0.717) is 18.9 Å². The van der Waals surface area contributed by atoms with Crippen molar-refractivity contribution in [1.82, 2.24) is 14.5 Å². The van der Waals surface area contributed by atoms with Crippen molar-refractivity contribution in [1.29, 1.82) is 0 Å². The maximum Gasteiger partial charge on any atom is 0.206 e. The average molecular weight is 469 g/mol. The molecule has 1 aliphatic rings. The highest BCUT2D eigenvalue weighted by Crippen LogP contribution is 2.34. The predicted molar refractivity (Wildman–Crippen MR) is 133 cm³/mol. The van der Waals surface area contributed by atoms with Crippen LogP contribution in [0.15, 0.2) is 42.5 Å². The van der Waals surface area contributed by atoms with Crippen LogP contribution in [-0.4, -0.2) is 63.6 Å². The molecule has 1 aromatic heterocycles. The lowest BCUT2D eigenvalue weighted by Crippen LogP contribution is -2.25. The number of ether oxygens (including phenoxy) is 2. The van der Waals surface area contributed by atoms with Gasteiger partial charge in [-0.05, 0) is 62.2 Å². The van der Waals surface area contributed by atoms with Crippen molar-refractivity contribution in [3.8, 4) is 11.5 Å². The Labute approximate surface area is 201 Å². The van der Waals surface area contributed by atoms with Crippen LogP contribution in [0.4, 0.5) is 5.95 Å². The molecule has 1 aliphatic heterocycles. The number of aliphatic hydroxyl groups excluding tert-OH is 1. The molecule has 0 spiro atoms. The summed E-state index contributed by atoms with van der Waals surface area (Å²) >= 11 is 0. The number of fused-ring (bicyclic) bond motifs is 1. The van der Waals surface area contributed by atoms with Gasteiger partial charge >= 0.3 is 0 Å².